The number of anilines is 3. The average molecular weight is 307 g/mol. The lowest BCUT2D eigenvalue weighted by molar-refractivity contribution is -0.384. The van der Waals surface area contributed by atoms with Crippen molar-refractivity contribution in [3.63, 3.8) is 0 Å². The Labute approximate surface area is 132 Å². The van der Waals surface area contributed by atoms with Crippen LogP contribution in [0.3, 0.4) is 0 Å². The van der Waals surface area contributed by atoms with E-state index in [1.807, 2.05) is 30.3 Å². The minimum Gasteiger partial charge on any atom is -0.384 e. The highest BCUT2D eigenvalue weighted by Gasteiger charge is 2.17. The van der Waals surface area contributed by atoms with E-state index in [1.165, 1.54) is 12.3 Å². The number of pyridine rings is 2. The first-order valence-corrected chi connectivity index (χ1v) is 6.83. The second-order valence-electron chi connectivity index (χ2n) is 4.78. The molecule has 7 heteroatoms. The summed E-state index contributed by atoms with van der Waals surface area (Å²) in [5.74, 6) is 0.527. The molecule has 0 aliphatic rings. The third kappa shape index (κ3) is 3.24. The van der Waals surface area contributed by atoms with Crippen LogP contribution < -0.4 is 11.1 Å². The van der Waals surface area contributed by atoms with Crippen LogP contribution in [0.4, 0.5) is 23.0 Å². The van der Waals surface area contributed by atoms with Gasteiger partial charge in [-0.05, 0) is 18.2 Å². The minimum absolute atomic E-state index is 0.110. The van der Waals surface area contributed by atoms with Crippen molar-refractivity contribution in [2.75, 3.05) is 11.1 Å². The molecule has 114 valence electrons. The lowest BCUT2D eigenvalue weighted by Gasteiger charge is -2.08. The molecular weight excluding hydrogens is 294 g/mol. The fourth-order valence-corrected chi connectivity index (χ4v) is 2.08. The van der Waals surface area contributed by atoms with Gasteiger partial charge in [-0.25, -0.2) is 9.97 Å². The van der Waals surface area contributed by atoms with Crippen LogP contribution in [-0.4, -0.2) is 14.9 Å². The van der Waals surface area contributed by atoms with Crippen LogP contribution in [0.1, 0.15) is 0 Å². The van der Waals surface area contributed by atoms with Gasteiger partial charge in [0.15, 0.2) is 0 Å². The maximum atomic E-state index is 11.2. The molecule has 0 spiro atoms. The molecule has 3 rings (SSSR count). The molecule has 2 heterocycles. The summed E-state index contributed by atoms with van der Waals surface area (Å²) in [7, 11) is 0. The molecule has 0 radical (unpaired) electrons. The number of nitrogens with zero attached hydrogens (tertiary/aromatic N) is 3. The zero-order valence-corrected chi connectivity index (χ0v) is 12.0. The highest BCUT2D eigenvalue weighted by atomic mass is 16.6. The Kier molecular flexibility index (Phi) is 3.84. The Morgan fingerprint density at radius 3 is 2.48 bits per heavy atom. The summed E-state index contributed by atoms with van der Waals surface area (Å²) in [5, 5.41) is 14.1. The predicted molar refractivity (Wildman–Crippen MR) is 88.3 cm³/mol. The van der Waals surface area contributed by atoms with E-state index in [4.69, 9.17) is 5.73 Å². The first-order valence-electron chi connectivity index (χ1n) is 6.83. The number of rotatable bonds is 4. The summed E-state index contributed by atoms with van der Waals surface area (Å²) in [6, 6.07) is 15.8. The normalized spacial score (nSPS) is 10.3. The summed E-state index contributed by atoms with van der Waals surface area (Å²) >= 11 is 0. The topological polar surface area (TPSA) is 107 Å². The van der Waals surface area contributed by atoms with Crippen LogP contribution in [0.25, 0.3) is 11.3 Å². The molecule has 0 aliphatic heterocycles. The lowest BCUT2D eigenvalue weighted by atomic mass is 10.1. The maximum Gasteiger partial charge on any atom is 0.311 e. The van der Waals surface area contributed by atoms with Crippen LogP contribution in [0.5, 0.6) is 0 Å². The van der Waals surface area contributed by atoms with Gasteiger partial charge in [0.1, 0.15) is 5.82 Å². The number of nitrogen functional groups attached to an aromatic ring is 1. The number of nitrogens with one attached hydrogen (secondary N) is 1. The Bertz CT molecular complexity index is 835. The van der Waals surface area contributed by atoms with Gasteiger partial charge in [-0.15, -0.1) is 0 Å². The Morgan fingerprint density at radius 2 is 1.83 bits per heavy atom. The van der Waals surface area contributed by atoms with Crippen molar-refractivity contribution in [2.24, 2.45) is 0 Å². The molecule has 3 aromatic rings. The predicted octanol–water partition coefficient (Wildman–Crippen LogP) is 3.38. The van der Waals surface area contributed by atoms with E-state index in [1.54, 1.807) is 18.2 Å². The van der Waals surface area contributed by atoms with Gasteiger partial charge in [0.25, 0.3) is 0 Å². The number of hydrogen-bond acceptors (Lipinski definition) is 6. The SMILES string of the molecule is Nc1ccc(Nc2nc(-c3ccccc3)ccc2[N+](=O)[O-])cn1. The van der Waals surface area contributed by atoms with Gasteiger partial charge in [0, 0.05) is 11.6 Å². The van der Waals surface area contributed by atoms with Crippen molar-refractivity contribution < 1.29 is 4.92 Å². The van der Waals surface area contributed by atoms with E-state index in [9.17, 15) is 10.1 Å². The maximum absolute atomic E-state index is 11.2. The zero-order chi connectivity index (χ0) is 16.2. The number of nitro groups is 1. The smallest absolute Gasteiger partial charge is 0.311 e. The van der Waals surface area contributed by atoms with Crippen molar-refractivity contribution in [3.8, 4) is 11.3 Å². The third-order valence-corrected chi connectivity index (χ3v) is 3.19. The highest BCUT2D eigenvalue weighted by molar-refractivity contribution is 5.70. The van der Waals surface area contributed by atoms with Crippen LogP contribution in [0.2, 0.25) is 0 Å². The zero-order valence-electron chi connectivity index (χ0n) is 12.0. The molecule has 1 aromatic carbocycles. The Hall–Kier alpha value is -3.48. The molecule has 3 N–H and O–H groups in total. The molecule has 0 atom stereocenters. The average Bonchev–Trinajstić information content (AvgIpc) is 2.57. The van der Waals surface area contributed by atoms with Gasteiger partial charge in [0.05, 0.1) is 22.5 Å². The van der Waals surface area contributed by atoms with Gasteiger partial charge >= 0.3 is 5.69 Å². The Balaban J connectivity index is 2.01. The van der Waals surface area contributed by atoms with Gasteiger partial charge in [-0.3, -0.25) is 10.1 Å². The van der Waals surface area contributed by atoms with Crippen molar-refractivity contribution in [3.05, 3.63) is 70.9 Å². The van der Waals surface area contributed by atoms with Crippen LogP contribution in [0.15, 0.2) is 60.8 Å². The van der Waals surface area contributed by atoms with E-state index in [2.05, 4.69) is 15.3 Å². The van der Waals surface area contributed by atoms with E-state index in [0.717, 1.165) is 5.56 Å². The number of aromatic nitrogens is 2. The fraction of sp³-hybridized carbons (Fsp3) is 0. The van der Waals surface area contributed by atoms with Crippen LogP contribution >= 0.6 is 0 Å². The van der Waals surface area contributed by atoms with Crippen molar-refractivity contribution >= 4 is 23.0 Å². The second-order valence-corrected chi connectivity index (χ2v) is 4.78. The summed E-state index contributed by atoms with van der Waals surface area (Å²) < 4.78 is 0. The molecule has 7 nitrogen and oxygen atoms in total. The molecule has 0 saturated carbocycles. The molecule has 0 amide bonds. The van der Waals surface area contributed by atoms with E-state index in [-0.39, 0.29) is 11.5 Å². The van der Waals surface area contributed by atoms with Gasteiger partial charge in [0.2, 0.25) is 5.82 Å². The second kappa shape index (κ2) is 6.10. The molecular formula is C16H13N5O2. The summed E-state index contributed by atoms with van der Waals surface area (Å²) in [6.07, 6.45) is 1.50. The van der Waals surface area contributed by atoms with Crippen LogP contribution in [-0.2, 0) is 0 Å². The van der Waals surface area contributed by atoms with Crippen molar-refractivity contribution in [1.82, 2.24) is 9.97 Å². The summed E-state index contributed by atoms with van der Waals surface area (Å²) in [5.41, 5.74) is 7.51. The molecule has 2 aromatic heterocycles. The standard InChI is InChI=1S/C16H13N5O2/c17-15-9-6-12(10-18-15)19-16-14(21(22)23)8-7-13(20-16)11-4-2-1-3-5-11/h1-10H,(H2,17,18)(H,19,20). The summed E-state index contributed by atoms with van der Waals surface area (Å²) in [4.78, 5) is 19.0. The fourth-order valence-electron chi connectivity index (χ4n) is 2.08. The molecule has 23 heavy (non-hydrogen) atoms. The molecule has 0 saturated heterocycles. The first-order chi connectivity index (χ1) is 11.1. The van der Waals surface area contributed by atoms with E-state index >= 15 is 0 Å². The third-order valence-electron chi connectivity index (χ3n) is 3.19. The number of nitrogens with two attached hydrogens (primary N) is 1. The van der Waals surface area contributed by atoms with Crippen LogP contribution in [0, 0.1) is 10.1 Å². The molecule has 0 fully saturated rings. The van der Waals surface area contributed by atoms with Crippen molar-refractivity contribution in [2.45, 2.75) is 0 Å². The van der Waals surface area contributed by atoms with Gasteiger partial charge in [-0.2, -0.15) is 0 Å². The molecule has 0 bridgehead atoms. The van der Waals surface area contributed by atoms with E-state index in [0.29, 0.717) is 17.2 Å². The monoisotopic (exact) mass is 307 g/mol. The minimum atomic E-state index is -0.477. The number of hydrogen-bond donors (Lipinski definition) is 2. The molecule has 0 aliphatic carbocycles. The largest absolute Gasteiger partial charge is 0.384 e. The van der Waals surface area contributed by atoms with Gasteiger partial charge < -0.3 is 11.1 Å². The molecule has 0 unspecified atom stereocenters. The highest BCUT2D eigenvalue weighted by Crippen LogP contribution is 2.29. The van der Waals surface area contributed by atoms with E-state index < -0.39 is 4.92 Å². The number of benzene rings is 1. The lowest BCUT2D eigenvalue weighted by Crippen LogP contribution is -2.01. The first kappa shape index (κ1) is 14.5. The summed E-state index contributed by atoms with van der Waals surface area (Å²) in [6.45, 7) is 0. The van der Waals surface area contributed by atoms with Crippen molar-refractivity contribution in [1.29, 1.82) is 0 Å². The van der Waals surface area contributed by atoms with Gasteiger partial charge in [-0.1, -0.05) is 30.3 Å². The quantitative estimate of drug-likeness (QED) is 0.565. The Morgan fingerprint density at radius 1 is 1.04 bits per heavy atom.